The summed E-state index contributed by atoms with van der Waals surface area (Å²) < 4.78 is 0.594. The molecule has 3 nitrogen and oxygen atoms in total. The van der Waals surface area contributed by atoms with Crippen LogP contribution in [0.4, 0.5) is 5.82 Å². The molecule has 5 heteroatoms. The van der Waals surface area contributed by atoms with Crippen LogP contribution in [-0.2, 0) is 11.5 Å². The van der Waals surface area contributed by atoms with Crippen molar-refractivity contribution in [2.24, 2.45) is 0 Å². The second-order valence-corrected chi connectivity index (χ2v) is 3.99. The third kappa shape index (κ3) is 1.22. The minimum absolute atomic E-state index is 0.594. The van der Waals surface area contributed by atoms with Crippen LogP contribution in [0.3, 0.4) is 0 Å². The Hall–Kier alpha value is -0.290. The quantitative estimate of drug-likeness (QED) is 0.690. The summed E-state index contributed by atoms with van der Waals surface area (Å²) in [5.41, 5.74) is 7.87. The first-order valence-corrected chi connectivity index (χ1v) is 5.10. The average molecular weight is 232 g/mol. The SMILES string of the molecule is Nc1nc(Br)nc2c1CSC2. The fraction of sp³-hybridized carbons (Fsp3) is 0.333. The maximum atomic E-state index is 5.68. The van der Waals surface area contributed by atoms with Crippen LogP contribution in [0.25, 0.3) is 0 Å². The molecule has 0 bridgehead atoms. The number of rotatable bonds is 0. The van der Waals surface area contributed by atoms with Crippen LogP contribution >= 0.6 is 27.7 Å². The van der Waals surface area contributed by atoms with Crippen molar-refractivity contribution >= 4 is 33.5 Å². The number of nitrogens with two attached hydrogens (primary N) is 1. The van der Waals surface area contributed by atoms with Crippen LogP contribution in [0.15, 0.2) is 4.73 Å². The first kappa shape index (κ1) is 7.36. The number of anilines is 1. The monoisotopic (exact) mass is 231 g/mol. The molecule has 0 saturated heterocycles. The van der Waals surface area contributed by atoms with Crippen molar-refractivity contribution in [3.63, 3.8) is 0 Å². The molecule has 0 saturated carbocycles. The summed E-state index contributed by atoms with van der Waals surface area (Å²) in [6.07, 6.45) is 0. The lowest BCUT2D eigenvalue weighted by Gasteiger charge is -2.00. The van der Waals surface area contributed by atoms with Gasteiger partial charge in [-0.05, 0) is 15.9 Å². The van der Waals surface area contributed by atoms with E-state index in [9.17, 15) is 0 Å². The Morgan fingerprint density at radius 3 is 3.00 bits per heavy atom. The van der Waals surface area contributed by atoms with Gasteiger partial charge >= 0.3 is 0 Å². The molecule has 2 heterocycles. The molecule has 0 spiro atoms. The van der Waals surface area contributed by atoms with Crippen LogP contribution in [0.1, 0.15) is 11.3 Å². The number of halogens is 1. The number of hydrogen-bond acceptors (Lipinski definition) is 4. The minimum Gasteiger partial charge on any atom is -0.383 e. The molecule has 0 unspecified atom stereocenters. The lowest BCUT2D eigenvalue weighted by molar-refractivity contribution is 1.03. The van der Waals surface area contributed by atoms with Crippen molar-refractivity contribution in [3.8, 4) is 0 Å². The third-order valence-electron chi connectivity index (χ3n) is 1.58. The molecular formula is C6H6BrN3S. The van der Waals surface area contributed by atoms with Gasteiger partial charge in [-0.3, -0.25) is 0 Å². The highest BCUT2D eigenvalue weighted by atomic mass is 79.9. The molecule has 0 aromatic carbocycles. The van der Waals surface area contributed by atoms with Crippen molar-refractivity contribution < 1.29 is 0 Å². The summed E-state index contributed by atoms with van der Waals surface area (Å²) in [7, 11) is 0. The summed E-state index contributed by atoms with van der Waals surface area (Å²) in [6, 6.07) is 0. The number of hydrogen-bond donors (Lipinski definition) is 1. The molecule has 1 aromatic rings. The lowest BCUT2D eigenvalue weighted by Crippen LogP contribution is -2.00. The zero-order valence-corrected chi connectivity index (χ0v) is 8.07. The molecule has 1 aliphatic heterocycles. The maximum absolute atomic E-state index is 5.68. The molecule has 1 aromatic heterocycles. The van der Waals surface area contributed by atoms with Crippen molar-refractivity contribution in [3.05, 3.63) is 16.0 Å². The van der Waals surface area contributed by atoms with E-state index in [1.54, 1.807) is 0 Å². The van der Waals surface area contributed by atoms with Crippen molar-refractivity contribution in [1.82, 2.24) is 9.97 Å². The summed E-state index contributed by atoms with van der Waals surface area (Å²) >= 11 is 5.03. The van der Waals surface area contributed by atoms with Gasteiger partial charge in [0.25, 0.3) is 0 Å². The smallest absolute Gasteiger partial charge is 0.198 e. The number of aromatic nitrogens is 2. The number of nitrogens with zero attached hydrogens (tertiary/aromatic N) is 2. The van der Waals surface area contributed by atoms with Gasteiger partial charge in [0.2, 0.25) is 0 Å². The Kier molecular flexibility index (Phi) is 1.77. The van der Waals surface area contributed by atoms with Crippen LogP contribution in [0, 0.1) is 0 Å². The van der Waals surface area contributed by atoms with E-state index < -0.39 is 0 Å². The van der Waals surface area contributed by atoms with E-state index in [2.05, 4.69) is 25.9 Å². The van der Waals surface area contributed by atoms with Gasteiger partial charge in [0, 0.05) is 17.1 Å². The Morgan fingerprint density at radius 2 is 2.18 bits per heavy atom. The van der Waals surface area contributed by atoms with Crippen LogP contribution < -0.4 is 5.73 Å². The zero-order chi connectivity index (χ0) is 7.84. The van der Waals surface area contributed by atoms with Gasteiger partial charge in [0.15, 0.2) is 4.73 Å². The normalized spacial score (nSPS) is 15.0. The largest absolute Gasteiger partial charge is 0.383 e. The molecule has 58 valence electrons. The lowest BCUT2D eigenvalue weighted by atomic mass is 10.2. The van der Waals surface area contributed by atoms with Gasteiger partial charge in [-0.15, -0.1) is 0 Å². The first-order valence-electron chi connectivity index (χ1n) is 3.16. The number of thioether (sulfide) groups is 1. The topological polar surface area (TPSA) is 51.8 Å². The molecule has 0 fully saturated rings. The van der Waals surface area contributed by atoms with Gasteiger partial charge in [-0.2, -0.15) is 11.8 Å². The summed E-state index contributed by atoms with van der Waals surface area (Å²) in [5.74, 6) is 2.53. The van der Waals surface area contributed by atoms with E-state index in [0.717, 1.165) is 22.8 Å². The van der Waals surface area contributed by atoms with Gasteiger partial charge < -0.3 is 5.73 Å². The molecule has 11 heavy (non-hydrogen) atoms. The Morgan fingerprint density at radius 1 is 1.36 bits per heavy atom. The Balaban J connectivity index is 2.60. The molecule has 0 radical (unpaired) electrons. The standard InChI is InChI=1S/C6H6BrN3S/c7-6-9-4-2-11-1-3(4)5(8)10-6/h1-2H2,(H2,8,9,10). The van der Waals surface area contributed by atoms with Gasteiger partial charge in [0.05, 0.1) is 5.69 Å². The number of nitrogen functional groups attached to an aromatic ring is 1. The zero-order valence-electron chi connectivity index (χ0n) is 5.67. The highest BCUT2D eigenvalue weighted by Gasteiger charge is 2.16. The Labute approximate surface area is 76.9 Å². The van der Waals surface area contributed by atoms with E-state index in [1.165, 1.54) is 0 Å². The second-order valence-electron chi connectivity index (χ2n) is 2.30. The molecule has 0 atom stereocenters. The van der Waals surface area contributed by atoms with Crippen LogP contribution in [-0.4, -0.2) is 9.97 Å². The van der Waals surface area contributed by atoms with Gasteiger partial charge in [0.1, 0.15) is 5.82 Å². The van der Waals surface area contributed by atoms with E-state index in [1.807, 2.05) is 11.8 Å². The van der Waals surface area contributed by atoms with Crippen molar-refractivity contribution in [1.29, 1.82) is 0 Å². The van der Waals surface area contributed by atoms with Crippen LogP contribution in [0.2, 0.25) is 0 Å². The number of fused-ring (bicyclic) bond motifs is 1. The molecule has 1 aliphatic rings. The molecular weight excluding hydrogens is 226 g/mol. The predicted octanol–water partition coefficient (Wildman–Crippen LogP) is 1.57. The fourth-order valence-corrected chi connectivity index (χ4v) is 2.50. The third-order valence-corrected chi connectivity index (χ3v) is 2.91. The van der Waals surface area contributed by atoms with E-state index in [-0.39, 0.29) is 0 Å². The minimum atomic E-state index is 0.594. The van der Waals surface area contributed by atoms with Gasteiger partial charge in [-0.1, -0.05) is 0 Å². The average Bonchev–Trinajstić information content (AvgIpc) is 2.34. The van der Waals surface area contributed by atoms with Gasteiger partial charge in [-0.25, -0.2) is 9.97 Å². The molecule has 0 amide bonds. The Bertz CT molecular complexity index is 302. The van der Waals surface area contributed by atoms with E-state index in [4.69, 9.17) is 5.73 Å². The summed E-state index contributed by atoms with van der Waals surface area (Å²) in [5, 5.41) is 0. The highest BCUT2D eigenvalue weighted by Crippen LogP contribution is 2.31. The van der Waals surface area contributed by atoms with E-state index >= 15 is 0 Å². The van der Waals surface area contributed by atoms with E-state index in [0.29, 0.717) is 10.6 Å². The van der Waals surface area contributed by atoms with Crippen LogP contribution in [0.5, 0.6) is 0 Å². The first-order chi connectivity index (χ1) is 5.27. The fourth-order valence-electron chi connectivity index (χ4n) is 1.04. The second kappa shape index (κ2) is 2.64. The summed E-state index contributed by atoms with van der Waals surface area (Å²) in [4.78, 5) is 8.23. The highest BCUT2D eigenvalue weighted by molar-refractivity contribution is 9.10. The van der Waals surface area contributed by atoms with Crippen molar-refractivity contribution in [2.75, 3.05) is 5.73 Å². The molecule has 2 N–H and O–H groups in total. The summed E-state index contributed by atoms with van der Waals surface area (Å²) in [6.45, 7) is 0. The maximum Gasteiger partial charge on any atom is 0.198 e. The molecule has 0 aliphatic carbocycles. The van der Waals surface area contributed by atoms with Crippen molar-refractivity contribution in [2.45, 2.75) is 11.5 Å². The predicted molar refractivity (Wildman–Crippen MR) is 49.1 cm³/mol. The molecule has 2 rings (SSSR count).